The van der Waals surface area contributed by atoms with Crippen molar-refractivity contribution in [3.63, 3.8) is 0 Å². The molecule has 1 saturated heterocycles. The molecule has 2 aromatic rings. The summed E-state index contributed by atoms with van der Waals surface area (Å²) in [5.74, 6) is 1.95. The summed E-state index contributed by atoms with van der Waals surface area (Å²) >= 11 is 0. The molecule has 2 amide bonds. The summed E-state index contributed by atoms with van der Waals surface area (Å²) in [7, 11) is 4.65. The molecule has 0 aromatic heterocycles. The zero-order valence-electron chi connectivity index (χ0n) is 18.1. The monoisotopic (exact) mass is 428 g/mol. The molecular weight excluding hydrogens is 400 g/mol. The van der Waals surface area contributed by atoms with Gasteiger partial charge < -0.3 is 29.2 Å². The number of likely N-dealkylation sites (tertiary alicyclic amines) is 1. The van der Waals surface area contributed by atoms with E-state index < -0.39 is 0 Å². The third-order valence-corrected chi connectivity index (χ3v) is 5.22. The number of methoxy groups -OCH3 is 3. The third-order valence-electron chi connectivity index (χ3n) is 5.22. The number of rotatable bonds is 8. The molecular formula is C23H28N2O6. The number of hydrogen-bond donors (Lipinski definition) is 1. The van der Waals surface area contributed by atoms with Crippen LogP contribution < -0.4 is 24.3 Å². The van der Waals surface area contributed by atoms with Crippen molar-refractivity contribution in [1.82, 2.24) is 10.2 Å². The van der Waals surface area contributed by atoms with Crippen molar-refractivity contribution in [2.45, 2.75) is 18.9 Å². The van der Waals surface area contributed by atoms with Crippen LogP contribution in [0.3, 0.4) is 0 Å². The van der Waals surface area contributed by atoms with Crippen molar-refractivity contribution in [1.29, 1.82) is 0 Å². The predicted molar refractivity (Wildman–Crippen MR) is 115 cm³/mol. The van der Waals surface area contributed by atoms with Crippen LogP contribution >= 0.6 is 0 Å². The second-order valence-corrected chi connectivity index (χ2v) is 7.17. The maximum Gasteiger partial charge on any atom is 0.260 e. The van der Waals surface area contributed by atoms with Crippen molar-refractivity contribution in [3.05, 3.63) is 48.0 Å². The zero-order chi connectivity index (χ0) is 22.2. The standard InChI is InChI=1S/C23H28N2O6/c1-28-18-12-16(13-19(14-18)29-2)23(27)24-17-8-10-25(11-9-17)22(26)15-31-21-7-5-4-6-20(21)30-3/h4-7,12-14,17H,8-11,15H2,1-3H3,(H,24,27). The average Bonchev–Trinajstić information content (AvgIpc) is 2.82. The Labute approximate surface area is 182 Å². The minimum Gasteiger partial charge on any atom is -0.497 e. The molecule has 166 valence electrons. The van der Waals surface area contributed by atoms with E-state index in [-0.39, 0.29) is 24.5 Å². The van der Waals surface area contributed by atoms with E-state index in [4.69, 9.17) is 18.9 Å². The van der Waals surface area contributed by atoms with Gasteiger partial charge in [-0.25, -0.2) is 0 Å². The second kappa shape index (κ2) is 10.6. The number of carbonyl (C=O) groups excluding carboxylic acids is 2. The number of carbonyl (C=O) groups is 2. The predicted octanol–water partition coefficient (Wildman–Crippen LogP) is 2.51. The van der Waals surface area contributed by atoms with Gasteiger partial charge in [-0.3, -0.25) is 9.59 Å². The summed E-state index contributed by atoms with van der Waals surface area (Å²) in [4.78, 5) is 26.9. The van der Waals surface area contributed by atoms with Crippen LogP contribution in [0.2, 0.25) is 0 Å². The van der Waals surface area contributed by atoms with Gasteiger partial charge in [0.1, 0.15) is 11.5 Å². The van der Waals surface area contributed by atoms with Crippen LogP contribution in [-0.4, -0.2) is 63.8 Å². The molecule has 0 spiro atoms. The van der Waals surface area contributed by atoms with Gasteiger partial charge in [-0.2, -0.15) is 0 Å². The van der Waals surface area contributed by atoms with E-state index in [1.807, 2.05) is 12.1 Å². The highest BCUT2D eigenvalue weighted by Gasteiger charge is 2.25. The molecule has 1 aliphatic rings. The van der Waals surface area contributed by atoms with Crippen LogP contribution in [-0.2, 0) is 4.79 Å². The fourth-order valence-electron chi connectivity index (χ4n) is 3.45. The minimum absolute atomic E-state index is 0.0103. The zero-order valence-corrected chi connectivity index (χ0v) is 18.1. The van der Waals surface area contributed by atoms with E-state index in [2.05, 4.69) is 5.32 Å². The molecule has 0 unspecified atom stereocenters. The fourth-order valence-corrected chi connectivity index (χ4v) is 3.45. The van der Waals surface area contributed by atoms with E-state index in [0.717, 1.165) is 0 Å². The van der Waals surface area contributed by atoms with Crippen LogP contribution in [0.25, 0.3) is 0 Å². The summed E-state index contributed by atoms with van der Waals surface area (Å²) in [6.45, 7) is 1.06. The molecule has 1 aliphatic heterocycles. The smallest absolute Gasteiger partial charge is 0.260 e. The summed E-state index contributed by atoms with van der Waals surface area (Å²) in [5.41, 5.74) is 0.472. The molecule has 8 nitrogen and oxygen atoms in total. The Hall–Kier alpha value is -3.42. The minimum atomic E-state index is -0.193. The van der Waals surface area contributed by atoms with Crippen molar-refractivity contribution in [2.75, 3.05) is 41.0 Å². The molecule has 0 atom stereocenters. The fraction of sp³-hybridized carbons (Fsp3) is 0.391. The molecule has 3 rings (SSSR count). The first-order chi connectivity index (χ1) is 15.0. The molecule has 31 heavy (non-hydrogen) atoms. The maximum atomic E-state index is 12.6. The van der Waals surface area contributed by atoms with E-state index >= 15 is 0 Å². The Morgan fingerprint density at radius 2 is 1.55 bits per heavy atom. The number of benzene rings is 2. The van der Waals surface area contributed by atoms with E-state index in [0.29, 0.717) is 54.5 Å². The molecule has 2 aromatic carbocycles. The largest absolute Gasteiger partial charge is 0.497 e. The lowest BCUT2D eigenvalue weighted by atomic mass is 10.0. The lowest BCUT2D eigenvalue weighted by Gasteiger charge is -2.32. The van der Waals surface area contributed by atoms with Gasteiger partial charge in [0.15, 0.2) is 18.1 Å². The Morgan fingerprint density at radius 3 is 2.13 bits per heavy atom. The first-order valence-corrected chi connectivity index (χ1v) is 10.1. The molecule has 0 bridgehead atoms. The first kappa shape index (κ1) is 22.3. The van der Waals surface area contributed by atoms with Crippen LogP contribution in [0.1, 0.15) is 23.2 Å². The highest BCUT2D eigenvalue weighted by molar-refractivity contribution is 5.95. The van der Waals surface area contributed by atoms with Crippen molar-refractivity contribution in [2.24, 2.45) is 0 Å². The molecule has 0 aliphatic carbocycles. The Bertz CT molecular complexity index is 886. The number of nitrogens with zero attached hydrogens (tertiary/aromatic N) is 1. The molecule has 0 saturated carbocycles. The highest BCUT2D eigenvalue weighted by atomic mass is 16.5. The summed E-state index contributed by atoms with van der Waals surface area (Å²) < 4.78 is 21.3. The molecule has 1 N–H and O–H groups in total. The molecule has 0 radical (unpaired) electrons. The van der Waals surface area contributed by atoms with Gasteiger partial charge in [0, 0.05) is 30.8 Å². The van der Waals surface area contributed by atoms with Gasteiger partial charge in [-0.1, -0.05) is 12.1 Å². The lowest BCUT2D eigenvalue weighted by molar-refractivity contribution is -0.134. The van der Waals surface area contributed by atoms with Gasteiger partial charge in [-0.15, -0.1) is 0 Å². The second-order valence-electron chi connectivity index (χ2n) is 7.17. The van der Waals surface area contributed by atoms with Gasteiger partial charge in [0.2, 0.25) is 0 Å². The summed E-state index contributed by atoms with van der Waals surface area (Å²) in [6.07, 6.45) is 1.35. The number of amides is 2. The maximum absolute atomic E-state index is 12.6. The van der Waals surface area contributed by atoms with E-state index in [1.54, 1.807) is 56.6 Å². The number of piperidine rings is 1. The summed E-state index contributed by atoms with van der Waals surface area (Å²) in [5, 5.41) is 3.03. The van der Waals surface area contributed by atoms with Crippen molar-refractivity contribution >= 4 is 11.8 Å². The number of ether oxygens (including phenoxy) is 4. The normalized spacial score (nSPS) is 14.0. The van der Waals surface area contributed by atoms with Crippen LogP contribution in [0.15, 0.2) is 42.5 Å². The molecule has 1 fully saturated rings. The highest BCUT2D eigenvalue weighted by Crippen LogP contribution is 2.26. The third kappa shape index (κ3) is 5.81. The first-order valence-electron chi connectivity index (χ1n) is 10.1. The summed E-state index contributed by atoms with van der Waals surface area (Å²) in [6, 6.07) is 12.3. The topological polar surface area (TPSA) is 86.3 Å². The van der Waals surface area contributed by atoms with Gasteiger partial charge >= 0.3 is 0 Å². The van der Waals surface area contributed by atoms with Gasteiger partial charge in [-0.05, 0) is 37.1 Å². The van der Waals surface area contributed by atoms with Gasteiger partial charge in [0.25, 0.3) is 11.8 Å². The Morgan fingerprint density at radius 1 is 0.935 bits per heavy atom. The van der Waals surface area contributed by atoms with Gasteiger partial charge in [0.05, 0.1) is 21.3 Å². The SMILES string of the molecule is COc1cc(OC)cc(C(=O)NC2CCN(C(=O)COc3ccccc3OC)CC2)c1. The number of nitrogens with one attached hydrogen (secondary N) is 1. The van der Waals surface area contributed by atoms with Crippen LogP contribution in [0.4, 0.5) is 0 Å². The van der Waals surface area contributed by atoms with Crippen molar-refractivity contribution in [3.8, 4) is 23.0 Å². The quantitative estimate of drug-likeness (QED) is 0.695. The molecule has 1 heterocycles. The Balaban J connectivity index is 1.49. The van der Waals surface area contributed by atoms with Crippen LogP contribution in [0, 0.1) is 0 Å². The lowest BCUT2D eigenvalue weighted by Crippen LogP contribution is -2.47. The number of hydrogen-bond acceptors (Lipinski definition) is 6. The van der Waals surface area contributed by atoms with Crippen molar-refractivity contribution < 1.29 is 28.5 Å². The van der Waals surface area contributed by atoms with E-state index in [1.165, 1.54) is 0 Å². The molecule has 8 heteroatoms. The Kier molecular flexibility index (Phi) is 7.59. The van der Waals surface area contributed by atoms with E-state index in [9.17, 15) is 9.59 Å². The van der Waals surface area contributed by atoms with Crippen LogP contribution in [0.5, 0.6) is 23.0 Å². The number of para-hydroxylation sites is 2. The average molecular weight is 428 g/mol.